The van der Waals surface area contributed by atoms with Gasteiger partial charge in [-0.3, -0.25) is 0 Å². The summed E-state index contributed by atoms with van der Waals surface area (Å²) < 4.78 is 5.97. The van der Waals surface area contributed by atoms with E-state index in [9.17, 15) is 0 Å². The highest BCUT2D eigenvalue weighted by Gasteiger charge is 2.23. The molecule has 1 unspecified atom stereocenters. The molecule has 1 N–H and O–H groups in total. The zero-order valence-electron chi connectivity index (χ0n) is 12.1. The number of aromatic nitrogens is 1. The molecule has 1 atom stereocenters. The number of hydrogen-bond donors (Lipinski definition) is 1. The van der Waals surface area contributed by atoms with Crippen LogP contribution in [-0.2, 0) is 12.8 Å². The quantitative estimate of drug-likeness (QED) is 0.765. The zero-order valence-corrected chi connectivity index (χ0v) is 12.1. The van der Waals surface area contributed by atoms with Crippen molar-refractivity contribution >= 4 is 16.8 Å². The fourth-order valence-electron chi connectivity index (χ4n) is 3.00. The number of nitrogens with one attached hydrogen (secondary N) is 1. The van der Waals surface area contributed by atoms with Crippen molar-refractivity contribution in [3.8, 4) is 0 Å². The van der Waals surface area contributed by atoms with Crippen molar-refractivity contribution in [1.29, 1.82) is 0 Å². The van der Waals surface area contributed by atoms with Crippen LogP contribution in [0, 0.1) is 0 Å². The minimum absolute atomic E-state index is 0.303. The smallest absolute Gasteiger partial charge is 0.200 e. The summed E-state index contributed by atoms with van der Waals surface area (Å²) in [5, 5.41) is 3.48. The summed E-state index contributed by atoms with van der Waals surface area (Å²) in [5.41, 5.74) is 5.74. The van der Waals surface area contributed by atoms with Crippen LogP contribution >= 0.6 is 0 Å². The summed E-state index contributed by atoms with van der Waals surface area (Å²) >= 11 is 0. The van der Waals surface area contributed by atoms with Crippen molar-refractivity contribution in [2.24, 2.45) is 0 Å². The van der Waals surface area contributed by atoms with Gasteiger partial charge in [0.25, 0.3) is 0 Å². The minimum atomic E-state index is 0.303. The van der Waals surface area contributed by atoms with E-state index in [2.05, 4.69) is 48.6 Å². The molecule has 0 amide bonds. The van der Waals surface area contributed by atoms with E-state index in [4.69, 9.17) is 9.40 Å². The summed E-state index contributed by atoms with van der Waals surface area (Å²) in [5.74, 6) is 1.15. The van der Waals surface area contributed by atoms with Gasteiger partial charge < -0.3 is 9.73 Å². The monoisotopic (exact) mass is 278 g/mol. The van der Waals surface area contributed by atoms with Crippen LogP contribution in [0.25, 0.3) is 11.1 Å². The van der Waals surface area contributed by atoms with E-state index < -0.39 is 0 Å². The predicted octanol–water partition coefficient (Wildman–Crippen LogP) is 4.14. The maximum absolute atomic E-state index is 5.97. The van der Waals surface area contributed by atoms with Crippen molar-refractivity contribution in [1.82, 2.24) is 4.98 Å². The summed E-state index contributed by atoms with van der Waals surface area (Å²) in [6.45, 7) is 3.04. The fraction of sp³-hybridized carbons (Fsp3) is 0.278. The van der Waals surface area contributed by atoms with E-state index in [1.165, 1.54) is 16.8 Å². The summed E-state index contributed by atoms with van der Waals surface area (Å²) in [6.07, 6.45) is 2.01. The SMILES string of the molecule is CCc1ccc2oc(C3CNc4ccccc4C3)nc2c1. The molecular weight excluding hydrogens is 260 g/mol. The second kappa shape index (κ2) is 4.92. The van der Waals surface area contributed by atoms with Gasteiger partial charge in [-0.05, 0) is 42.2 Å². The summed E-state index contributed by atoms with van der Waals surface area (Å²) in [6, 6.07) is 14.7. The lowest BCUT2D eigenvalue weighted by Gasteiger charge is -2.23. The number of aryl methyl sites for hydroxylation is 1. The molecule has 3 heteroatoms. The van der Waals surface area contributed by atoms with E-state index in [-0.39, 0.29) is 0 Å². The molecule has 0 radical (unpaired) electrons. The maximum atomic E-state index is 5.97. The molecule has 0 saturated carbocycles. The Morgan fingerprint density at radius 1 is 1.24 bits per heavy atom. The number of hydrogen-bond acceptors (Lipinski definition) is 3. The molecule has 0 spiro atoms. The van der Waals surface area contributed by atoms with Gasteiger partial charge in [-0.1, -0.05) is 31.2 Å². The second-order valence-corrected chi connectivity index (χ2v) is 5.65. The number of oxazole rings is 1. The predicted molar refractivity (Wildman–Crippen MR) is 84.8 cm³/mol. The maximum Gasteiger partial charge on any atom is 0.200 e. The molecule has 2 aromatic carbocycles. The van der Waals surface area contributed by atoms with Gasteiger partial charge in [0.1, 0.15) is 5.52 Å². The lowest BCUT2D eigenvalue weighted by atomic mass is 9.94. The van der Waals surface area contributed by atoms with Gasteiger partial charge in [-0.25, -0.2) is 4.98 Å². The Labute approximate surface area is 124 Å². The molecule has 0 fully saturated rings. The average molecular weight is 278 g/mol. The van der Waals surface area contributed by atoms with Crippen LogP contribution in [0.2, 0.25) is 0 Å². The topological polar surface area (TPSA) is 38.1 Å². The van der Waals surface area contributed by atoms with E-state index in [1.54, 1.807) is 0 Å². The molecular formula is C18H18N2O. The fourth-order valence-corrected chi connectivity index (χ4v) is 3.00. The van der Waals surface area contributed by atoms with Crippen LogP contribution < -0.4 is 5.32 Å². The van der Waals surface area contributed by atoms with Gasteiger partial charge in [0.15, 0.2) is 5.58 Å². The number of benzene rings is 2. The van der Waals surface area contributed by atoms with Crippen molar-refractivity contribution < 1.29 is 4.42 Å². The highest BCUT2D eigenvalue weighted by atomic mass is 16.3. The standard InChI is InChI=1S/C18H18N2O/c1-2-12-7-8-17-16(9-12)20-18(21-17)14-10-13-5-3-4-6-15(13)19-11-14/h3-9,14,19H,2,10-11H2,1H3. The van der Waals surface area contributed by atoms with E-state index in [1.807, 2.05) is 6.07 Å². The molecule has 0 aliphatic carbocycles. The van der Waals surface area contributed by atoms with E-state index in [0.717, 1.165) is 36.4 Å². The highest BCUT2D eigenvalue weighted by molar-refractivity contribution is 5.73. The third-order valence-corrected chi connectivity index (χ3v) is 4.25. The molecule has 2 heterocycles. The largest absolute Gasteiger partial charge is 0.440 e. The Bertz CT molecular complexity index is 791. The lowest BCUT2D eigenvalue weighted by Crippen LogP contribution is -2.21. The van der Waals surface area contributed by atoms with Crippen molar-refractivity contribution in [2.75, 3.05) is 11.9 Å². The summed E-state index contributed by atoms with van der Waals surface area (Å²) in [4.78, 5) is 4.71. The van der Waals surface area contributed by atoms with E-state index in [0.29, 0.717) is 5.92 Å². The normalized spacial score (nSPS) is 17.5. The second-order valence-electron chi connectivity index (χ2n) is 5.65. The molecule has 0 saturated heterocycles. The Kier molecular flexibility index (Phi) is 2.92. The summed E-state index contributed by atoms with van der Waals surface area (Å²) in [7, 11) is 0. The third kappa shape index (κ3) is 2.19. The first kappa shape index (κ1) is 12.5. The third-order valence-electron chi connectivity index (χ3n) is 4.25. The van der Waals surface area contributed by atoms with Gasteiger partial charge in [0, 0.05) is 12.2 Å². The number of anilines is 1. The van der Waals surface area contributed by atoms with Crippen LogP contribution in [0.3, 0.4) is 0 Å². The Balaban J connectivity index is 1.68. The first-order valence-corrected chi connectivity index (χ1v) is 7.54. The lowest BCUT2D eigenvalue weighted by molar-refractivity contribution is 0.471. The number of rotatable bonds is 2. The van der Waals surface area contributed by atoms with E-state index >= 15 is 0 Å². The van der Waals surface area contributed by atoms with Gasteiger partial charge in [0.05, 0.1) is 5.92 Å². The first-order chi connectivity index (χ1) is 10.3. The molecule has 21 heavy (non-hydrogen) atoms. The van der Waals surface area contributed by atoms with Crippen LogP contribution in [0.4, 0.5) is 5.69 Å². The van der Waals surface area contributed by atoms with Gasteiger partial charge in [-0.15, -0.1) is 0 Å². The number of para-hydroxylation sites is 1. The van der Waals surface area contributed by atoms with Gasteiger partial charge in [-0.2, -0.15) is 0 Å². The van der Waals surface area contributed by atoms with Crippen molar-refractivity contribution in [3.63, 3.8) is 0 Å². The van der Waals surface area contributed by atoms with Crippen molar-refractivity contribution in [3.05, 3.63) is 59.5 Å². The molecule has 3 nitrogen and oxygen atoms in total. The van der Waals surface area contributed by atoms with Crippen LogP contribution in [0.5, 0.6) is 0 Å². The molecule has 1 aliphatic rings. The van der Waals surface area contributed by atoms with Crippen molar-refractivity contribution in [2.45, 2.75) is 25.7 Å². The highest BCUT2D eigenvalue weighted by Crippen LogP contribution is 2.31. The van der Waals surface area contributed by atoms with Crippen LogP contribution in [-0.4, -0.2) is 11.5 Å². The molecule has 4 rings (SSSR count). The Hall–Kier alpha value is -2.29. The Morgan fingerprint density at radius 2 is 2.14 bits per heavy atom. The van der Waals surface area contributed by atoms with Crippen LogP contribution in [0.1, 0.15) is 29.9 Å². The molecule has 1 aromatic heterocycles. The number of fused-ring (bicyclic) bond motifs is 2. The average Bonchev–Trinajstić information content (AvgIpc) is 2.97. The minimum Gasteiger partial charge on any atom is -0.440 e. The molecule has 1 aliphatic heterocycles. The molecule has 3 aromatic rings. The van der Waals surface area contributed by atoms with Gasteiger partial charge >= 0.3 is 0 Å². The van der Waals surface area contributed by atoms with Crippen LogP contribution in [0.15, 0.2) is 46.9 Å². The molecule has 106 valence electrons. The molecule has 0 bridgehead atoms. The number of nitrogens with zero attached hydrogens (tertiary/aromatic N) is 1. The Morgan fingerprint density at radius 3 is 3.05 bits per heavy atom. The zero-order chi connectivity index (χ0) is 14.2. The first-order valence-electron chi connectivity index (χ1n) is 7.54. The van der Waals surface area contributed by atoms with Gasteiger partial charge in [0.2, 0.25) is 5.89 Å².